The van der Waals surface area contributed by atoms with Crippen molar-refractivity contribution in [1.82, 2.24) is 4.98 Å². The number of fused-ring (bicyclic) bond motifs is 1. The lowest BCUT2D eigenvalue weighted by Crippen LogP contribution is -2.10. The largest absolute Gasteiger partial charge is 0.384 e. The van der Waals surface area contributed by atoms with Crippen LogP contribution in [0.1, 0.15) is 16.7 Å². The zero-order chi connectivity index (χ0) is 20.1. The van der Waals surface area contributed by atoms with Crippen LogP contribution in [-0.4, -0.2) is 10.8 Å². The zero-order valence-electron chi connectivity index (χ0n) is 15.5. The second-order valence-corrected chi connectivity index (χ2v) is 6.35. The molecule has 0 atom stereocenters. The fraction of sp³-hybridized carbons (Fsp3) is 0. The number of para-hydroxylation sites is 1. The van der Waals surface area contributed by atoms with Gasteiger partial charge in [0, 0.05) is 28.4 Å². The molecule has 0 radical (unpaired) electrons. The van der Waals surface area contributed by atoms with Gasteiger partial charge in [-0.05, 0) is 60.0 Å². The quantitative estimate of drug-likeness (QED) is 0.133. The Morgan fingerprint density at radius 1 is 0.966 bits per heavy atom. The maximum Gasteiger partial charge on any atom is 0.122 e. The van der Waals surface area contributed by atoms with E-state index in [1.165, 1.54) is 0 Å². The van der Waals surface area contributed by atoms with Gasteiger partial charge < -0.3 is 10.7 Å². The van der Waals surface area contributed by atoms with Crippen molar-refractivity contribution in [1.29, 1.82) is 5.41 Å². The first-order valence-electron chi connectivity index (χ1n) is 8.98. The van der Waals surface area contributed by atoms with Gasteiger partial charge in [-0.15, -0.1) is 5.11 Å². The van der Waals surface area contributed by atoms with E-state index >= 15 is 0 Å². The Morgan fingerprint density at radius 3 is 2.62 bits per heavy atom. The smallest absolute Gasteiger partial charge is 0.122 e. The second kappa shape index (κ2) is 8.11. The van der Waals surface area contributed by atoms with Crippen molar-refractivity contribution < 1.29 is 0 Å². The molecule has 6 heteroatoms. The third-order valence-electron chi connectivity index (χ3n) is 4.34. The molecule has 4 aromatic rings. The molecule has 140 valence electrons. The highest BCUT2D eigenvalue weighted by Gasteiger charge is 1.99. The maximum absolute atomic E-state index is 7.41. The Bertz CT molecular complexity index is 1260. The first-order valence-corrected chi connectivity index (χ1v) is 8.98. The number of H-pyrrole nitrogens is 1. The second-order valence-electron chi connectivity index (χ2n) is 6.35. The minimum absolute atomic E-state index is 0.0227. The summed E-state index contributed by atoms with van der Waals surface area (Å²) >= 11 is 0. The lowest BCUT2D eigenvalue weighted by Gasteiger charge is -2.02. The summed E-state index contributed by atoms with van der Waals surface area (Å²) in [7, 11) is 0. The van der Waals surface area contributed by atoms with Crippen LogP contribution in [-0.2, 0) is 0 Å². The molecule has 0 aliphatic carbocycles. The summed E-state index contributed by atoms with van der Waals surface area (Å²) in [4.78, 5) is 3.20. The number of aromatic amines is 1. The molecule has 5 N–H and O–H groups in total. The van der Waals surface area contributed by atoms with Crippen molar-refractivity contribution in [3.8, 4) is 11.8 Å². The summed E-state index contributed by atoms with van der Waals surface area (Å²) < 4.78 is 0. The summed E-state index contributed by atoms with van der Waals surface area (Å²) in [6.45, 7) is 0. The minimum Gasteiger partial charge on any atom is -0.384 e. The van der Waals surface area contributed by atoms with Crippen LogP contribution in [0.2, 0.25) is 0 Å². The van der Waals surface area contributed by atoms with Crippen molar-refractivity contribution in [2.75, 3.05) is 5.43 Å². The van der Waals surface area contributed by atoms with E-state index in [9.17, 15) is 0 Å². The average molecular weight is 378 g/mol. The summed E-state index contributed by atoms with van der Waals surface area (Å²) in [5.41, 5.74) is 13.3. The van der Waals surface area contributed by atoms with Gasteiger partial charge in [-0.1, -0.05) is 35.3 Å². The number of nitrogens with one attached hydrogen (secondary N) is 3. The molecule has 1 aromatic heterocycles. The van der Waals surface area contributed by atoms with Gasteiger partial charge in [0.05, 0.1) is 11.4 Å². The molecular formula is C23H18N6. The third kappa shape index (κ3) is 4.31. The topological polar surface area (TPSA) is 102 Å². The molecule has 0 amide bonds. The number of nitrogen functional groups attached to an aromatic ring is 1. The predicted molar refractivity (Wildman–Crippen MR) is 116 cm³/mol. The molecule has 0 aliphatic rings. The number of hydrogen-bond donors (Lipinski definition) is 4. The highest BCUT2D eigenvalue weighted by molar-refractivity contribution is 5.95. The summed E-state index contributed by atoms with van der Waals surface area (Å²) in [5, 5.41) is 16.8. The standard InChI is InChI=1S/C23H18N6/c24-23(25)19-9-11-20(12-10-19)27-29-28-21-4-2-1-3-17(21)7-5-16-6-8-18-13-14-26-22(18)15-16/h1-4,6,8-15,26H,(H3,24,25)(H,27,28). The fourth-order valence-corrected chi connectivity index (χ4v) is 2.80. The first-order chi connectivity index (χ1) is 14.2. The van der Waals surface area contributed by atoms with Crippen LogP contribution in [0.5, 0.6) is 0 Å². The third-order valence-corrected chi connectivity index (χ3v) is 4.34. The number of aromatic nitrogens is 1. The SMILES string of the molecule is N=C(N)c1ccc(/N=N/Nc2ccccc2C#Cc2ccc3cc[nH]c3c2)cc1. The predicted octanol–water partition coefficient (Wildman–Crippen LogP) is 4.96. The molecule has 1 heterocycles. The number of rotatable bonds is 4. The average Bonchev–Trinajstić information content (AvgIpc) is 3.21. The Labute approximate surface area is 168 Å². The number of amidine groups is 1. The number of anilines is 1. The number of nitrogens with zero attached hydrogens (tertiary/aromatic N) is 2. The Balaban J connectivity index is 1.50. The summed E-state index contributed by atoms with van der Waals surface area (Å²) in [5.74, 6) is 6.41. The lowest BCUT2D eigenvalue weighted by molar-refractivity contribution is 1.13. The van der Waals surface area contributed by atoms with Gasteiger partial charge in [0.2, 0.25) is 0 Å². The summed E-state index contributed by atoms with van der Waals surface area (Å²) in [6, 6.07) is 22.8. The monoisotopic (exact) mass is 378 g/mol. The van der Waals surface area contributed by atoms with Crippen LogP contribution >= 0.6 is 0 Å². The van der Waals surface area contributed by atoms with Gasteiger partial charge in [-0.25, -0.2) is 0 Å². The van der Waals surface area contributed by atoms with Crippen molar-refractivity contribution in [2.45, 2.75) is 0 Å². The summed E-state index contributed by atoms with van der Waals surface area (Å²) in [6.07, 6.45) is 1.92. The maximum atomic E-state index is 7.41. The van der Waals surface area contributed by atoms with Crippen molar-refractivity contribution in [3.63, 3.8) is 0 Å². The van der Waals surface area contributed by atoms with Gasteiger partial charge in [0.15, 0.2) is 0 Å². The number of hydrogen-bond acceptors (Lipinski definition) is 3. The van der Waals surface area contributed by atoms with Crippen LogP contribution in [0.4, 0.5) is 11.4 Å². The lowest BCUT2D eigenvalue weighted by atomic mass is 10.1. The van der Waals surface area contributed by atoms with Crippen LogP contribution in [0, 0.1) is 17.3 Å². The van der Waals surface area contributed by atoms with E-state index in [1.807, 2.05) is 54.7 Å². The first kappa shape index (κ1) is 18.0. The van der Waals surface area contributed by atoms with Crippen LogP contribution in [0.25, 0.3) is 10.9 Å². The van der Waals surface area contributed by atoms with Gasteiger partial charge in [0.1, 0.15) is 5.84 Å². The Kier molecular flexibility index (Phi) is 5.04. The molecule has 6 nitrogen and oxygen atoms in total. The van der Waals surface area contributed by atoms with Crippen molar-refractivity contribution in [3.05, 3.63) is 95.7 Å². The van der Waals surface area contributed by atoms with Crippen LogP contribution in [0.15, 0.2) is 89.3 Å². The normalized spacial score (nSPS) is 10.6. The van der Waals surface area contributed by atoms with Gasteiger partial charge in [-0.2, -0.15) is 0 Å². The van der Waals surface area contributed by atoms with Gasteiger partial charge >= 0.3 is 0 Å². The molecule has 0 saturated heterocycles. The molecule has 0 bridgehead atoms. The molecule has 0 aliphatic heterocycles. The Hall–Kier alpha value is -4.37. The fourth-order valence-electron chi connectivity index (χ4n) is 2.80. The highest BCUT2D eigenvalue weighted by atomic mass is 15.4. The van der Waals surface area contributed by atoms with Crippen LogP contribution < -0.4 is 11.2 Å². The Morgan fingerprint density at radius 2 is 1.79 bits per heavy atom. The van der Waals surface area contributed by atoms with Crippen LogP contribution in [0.3, 0.4) is 0 Å². The van der Waals surface area contributed by atoms with E-state index in [-0.39, 0.29) is 5.84 Å². The molecule has 4 rings (SSSR count). The van der Waals surface area contributed by atoms with Gasteiger partial charge in [0.25, 0.3) is 0 Å². The van der Waals surface area contributed by atoms with E-state index in [0.717, 1.165) is 27.7 Å². The molecule has 0 saturated carbocycles. The van der Waals surface area contributed by atoms with E-state index in [4.69, 9.17) is 11.1 Å². The van der Waals surface area contributed by atoms with E-state index in [0.29, 0.717) is 11.3 Å². The van der Waals surface area contributed by atoms with E-state index in [2.05, 4.69) is 32.6 Å². The zero-order valence-corrected chi connectivity index (χ0v) is 15.5. The van der Waals surface area contributed by atoms with Crippen molar-refractivity contribution in [2.24, 2.45) is 16.1 Å². The molecular weight excluding hydrogens is 360 g/mol. The molecule has 0 unspecified atom stereocenters. The molecule has 3 aromatic carbocycles. The molecule has 29 heavy (non-hydrogen) atoms. The molecule has 0 spiro atoms. The van der Waals surface area contributed by atoms with E-state index in [1.54, 1.807) is 24.3 Å². The number of benzene rings is 3. The highest BCUT2D eigenvalue weighted by Crippen LogP contribution is 2.18. The minimum atomic E-state index is 0.0227. The van der Waals surface area contributed by atoms with Gasteiger partial charge in [-0.3, -0.25) is 10.8 Å². The van der Waals surface area contributed by atoms with Crippen molar-refractivity contribution >= 4 is 28.1 Å². The number of nitrogens with two attached hydrogens (primary N) is 1. The molecule has 0 fully saturated rings. The van der Waals surface area contributed by atoms with E-state index < -0.39 is 0 Å².